The van der Waals surface area contributed by atoms with Crippen LogP contribution in [0.3, 0.4) is 0 Å². The van der Waals surface area contributed by atoms with E-state index in [2.05, 4.69) is 46.0 Å². The first kappa shape index (κ1) is 12.3. The van der Waals surface area contributed by atoms with Crippen molar-refractivity contribution in [1.29, 1.82) is 0 Å². The first-order chi connectivity index (χ1) is 8.22. The van der Waals surface area contributed by atoms with E-state index in [0.29, 0.717) is 6.04 Å². The van der Waals surface area contributed by atoms with Crippen molar-refractivity contribution in [2.75, 3.05) is 6.54 Å². The largest absolute Gasteiger partial charge is 0.326 e. The van der Waals surface area contributed by atoms with Gasteiger partial charge in [0.05, 0.1) is 23.9 Å². The van der Waals surface area contributed by atoms with Gasteiger partial charge in [-0.2, -0.15) is 0 Å². The molecule has 5 heteroatoms. The quantitative estimate of drug-likeness (QED) is 0.887. The maximum Gasteiger partial charge on any atom is 0.141 e. The van der Waals surface area contributed by atoms with Crippen molar-refractivity contribution in [3.05, 3.63) is 23.6 Å². The van der Waals surface area contributed by atoms with Gasteiger partial charge in [-0.1, -0.05) is 6.92 Å². The minimum Gasteiger partial charge on any atom is -0.326 e. The minimum atomic E-state index is 0.411. The number of thiazole rings is 1. The van der Waals surface area contributed by atoms with Gasteiger partial charge in [-0.3, -0.25) is 0 Å². The molecule has 0 atom stereocenters. The molecule has 0 aliphatic carbocycles. The van der Waals surface area contributed by atoms with E-state index in [1.165, 1.54) is 0 Å². The normalized spacial score (nSPS) is 11.3. The SMILES string of the molecule is CCNCc1csc(-c2cncn2C(C)C)n1. The molecule has 0 fully saturated rings. The zero-order valence-electron chi connectivity index (χ0n) is 10.5. The molecule has 0 amide bonds. The van der Waals surface area contributed by atoms with E-state index in [0.717, 1.165) is 29.5 Å². The van der Waals surface area contributed by atoms with E-state index < -0.39 is 0 Å². The van der Waals surface area contributed by atoms with Crippen molar-refractivity contribution in [2.24, 2.45) is 0 Å². The Labute approximate surface area is 106 Å². The standard InChI is InChI=1S/C12H18N4S/c1-4-13-5-10-7-17-12(15-10)11-6-14-8-16(11)9(2)3/h6-9,13H,4-5H2,1-3H3. The summed E-state index contributed by atoms with van der Waals surface area (Å²) in [6.07, 6.45) is 3.75. The number of nitrogens with zero attached hydrogens (tertiary/aromatic N) is 3. The molecule has 17 heavy (non-hydrogen) atoms. The van der Waals surface area contributed by atoms with Crippen LogP contribution in [-0.4, -0.2) is 21.1 Å². The number of aromatic nitrogens is 3. The second kappa shape index (κ2) is 5.42. The minimum absolute atomic E-state index is 0.411. The average molecular weight is 250 g/mol. The molecule has 0 spiro atoms. The lowest BCUT2D eigenvalue weighted by Crippen LogP contribution is -2.11. The molecule has 0 aliphatic heterocycles. The highest BCUT2D eigenvalue weighted by atomic mass is 32.1. The van der Waals surface area contributed by atoms with Crippen molar-refractivity contribution in [3.8, 4) is 10.7 Å². The summed E-state index contributed by atoms with van der Waals surface area (Å²) in [6.45, 7) is 8.21. The zero-order valence-corrected chi connectivity index (χ0v) is 11.3. The molecule has 2 aromatic rings. The Morgan fingerprint density at radius 2 is 2.29 bits per heavy atom. The molecule has 1 N–H and O–H groups in total. The van der Waals surface area contributed by atoms with E-state index >= 15 is 0 Å². The average Bonchev–Trinajstić information content (AvgIpc) is 2.94. The zero-order chi connectivity index (χ0) is 12.3. The molecular weight excluding hydrogens is 232 g/mol. The summed E-state index contributed by atoms with van der Waals surface area (Å²) in [5.41, 5.74) is 2.20. The van der Waals surface area contributed by atoms with Gasteiger partial charge in [0.1, 0.15) is 5.01 Å². The Balaban J connectivity index is 2.21. The molecule has 2 rings (SSSR count). The summed E-state index contributed by atoms with van der Waals surface area (Å²) in [7, 11) is 0. The van der Waals surface area contributed by atoms with Gasteiger partial charge in [0, 0.05) is 18.0 Å². The highest BCUT2D eigenvalue weighted by molar-refractivity contribution is 7.13. The lowest BCUT2D eigenvalue weighted by atomic mass is 10.3. The van der Waals surface area contributed by atoms with Gasteiger partial charge in [0.15, 0.2) is 0 Å². The molecule has 0 saturated carbocycles. The molecule has 0 aromatic carbocycles. The monoisotopic (exact) mass is 250 g/mol. The molecule has 0 unspecified atom stereocenters. The summed E-state index contributed by atoms with van der Waals surface area (Å²) >= 11 is 1.68. The third-order valence-corrected chi connectivity index (χ3v) is 3.46. The van der Waals surface area contributed by atoms with Gasteiger partial charge in [0.25, 0.3) is 0 Å². The lowest BCUT2D eigenvalue weighted by molar-refractivity contribution is 0.605. The summed E-state index contributed by atoms with van der Waals surface area (Å²) < 4.78 is 2.15. The summed E-state index contributed by atoms with van der Waals surface area (Å²) in [5, 5.41) is 6.43. The number of nitrogens with one attached hydrogen (secondary N) is 1. The fourth-order valence-electron chi connectivity index (χ4n) is 1.64. The highest BCUT2D eigenvalue weighted by Gasteiger charge is 2.11. The smallest absolute Gasteiger partial charge is 0.141 e. The van der Waals surface area contributed by atoms with E-state index in [9.17, 15) is 0 Å². The van der Waals surface area contributed by atoms with Crippen molar-refractivity contribution in [2.45, 2.75) is 33.4 Å². The predicted molar refractivity (Wildman–Crippen MR) is 71.1 cm³/mol. The number of imidazole rings is 1. The van der Waals surface area contributed by atoms with Gasteiger partial charge in [0.2, 0.25) is 0 Å². The van der Waals surface area contributed by atoms with Gasteiger partial charge in [-0.25, -0.2) is 9.97 Å². The van der Waals surface area contributed by atoms with Crippen LogP contribution >= 0.6 is 11.3 Å². The van der Waals surface area contributed by atoms with Crippen molar-refractivity contribution in [1.82, 2.24) is 19.9 Å². The molecule has 2 aromatic heterocycles. The highest BCUT2D eigenvalue weighted by Crippen LogP contribution is 2.25. The van der Waals surface area contributed by atoms with Crippen molar-refractivity contribution < 1.29 is 0 Å². The maximum absolute atomic E-state index is 4.63. The molecule has 92 valence electrons. The summed E-state index contributed by atoms with van der Waals surface area (Å²) in [4.78, 5) is 8.83. The molecule has 4 nitrogen and oxygen atoms in total. The Kier molecular flexibility index (Phi) is 3.91. The van der Waals surface area contributed by atoms with E-state index in [4.69, 9.17) is 0 Å². The van der Waals surface area contributed by atoms with Crippen molar-refractivity contribution >= 4 is 11.3 Å². The van der Waals surface area contributed by atoms with Crippen LogP contribution in [0.1, 0.15) is 32.5 Å². The molecular formula is C12H18N4S. The fourth-order valence-corrected chi connectivity index (χ4v) is 2.47. The fraction of sp³-hybridized carbons (Fsp3) is 0.500. The Morgan fingerprint density at radius 3 is 3.00 bits per heavy atom. The van der Waals surface area contributed by atoms with Gasteiger partial charge < -0.3 is 9.88 Å². The van der Waals surface area contributed by atoms with Gasteiger partial charge >= 0.3 is 0 Å². The predicted octanol–water partition coefficient (Wildman–Crippen LogP) is 2.70. The topological polar surface area (TPSA) is 42.7 Å². The van der Waals surface area contributed by atoms with Gasteiger partial charge in [-0.15, -0.1) is 11.3 Å². The van der Waals surface area contributed by atoms with Crippen LogP contribution in [0, 0.1) is 0 Å². The second-order valence-corrected chi connectivity index (χ2v) is 5.06. The van der Waals surface area contributed by atoms with E-state index in [1.54, 1.807) is 11.3 Å². The molecule has 0 radical (unpaired) electrons. The van der Waals surface area contributed by atoms with Crippen molar-refractivity contribution in [3.63, 3.8) is 0 Å². The third-order valence-electron chi connectivity index (χ3n) is 2.55. The van der Waals surface area contributed by atoms with Crippen LogP contribution in [0.25, 0.3) is 10.7 Å². The van der Waals surface area contributed by atoms with E-state index in [1.807, 2.05) is 12.5 Å². The first-order valence-corrected chi connectivity index (χ1v) is 6.77. The van der Waals surface area contributed by atoms with Crippen LogP contribution in [0.4, 0.5) is 0 Å². The summed E-state index contributed by atoms with van der Waals surface area (Å²) in [5.74, 6) is 0. The molecule has 0 aliphatic rings. The van der Waals surface area contributed by atoms with Crippen LogP contribution in [0.5, 0.6) is 0 Å². The number of rotatable bonds is 5. The Hall–Kier alpha value is -1.20. The summed E-state index contributed by atoms with van der Waals surface area (Å²) in [6, 6.07) is 0.411. The van der Waals surface area contributed by atoms with Crippen LogP contribution < -0.4 is 5.32 Å². The number of hydrogen-bond donors (Lipinski definition) is 1. The van der Waals surface area contributed by atoms with Crippen LogP contribution in [0.2, 0.25) is 0 Å². The molecule has 2 heterocycles. The van der Waals surface area contributed by atoms with Crippen LogP contribution in [0.15, 0.2) is 17.9 Å². The maximum atomic E-state index is 4.63. The molecule has 0 saturated heterocycles. The van der Waals surface area contributed by atoms with E-state index in [-0.39, 0.29) is 0 Å². The van der Waals surface area contributed by atoms with Gasteiger partial charge in [-0.05, 0) is 20.4 Å². The molecule has 0 bridgehead atoms. The van der Waals surface area contributed by atoms with Crippen LogP contribution in [-0.2, 0) is 6.54 Å². The third kappa shape index (κ3) is 2.73. The Bertz CT molecular complexity index is 472. The Morgan fingerprint density at radius 1 is 1.47 bits per heavy atom. The first-order valence-electron chi connectivity index (χ1n) is 5.89. The number of hydrogen-bond acceptors (Lipinski definition) is 4. The second-order valence-electron chi connectivity index (χ2n) is 4.20. The lowest BCUT2D eigenvalue weighted by Gasteiger charge is -2.09.